The van der Waals surface area contributed by atoms with Crippen molar-refractivity contribution < 1.29 is 0 Å². The lowest BCUT2D eigenvalue weighted by atomic mass is 9.89. The molecular formula is C8H5BBr4. The highest BCUT2D eigenvalue weighted by molar-refractivity contribution is 9.15. The summed E-state index contributed by atoms with van der Waals surface area (Å²) in [4.78, 5) is 0. The van der Waals surface area contributed by atoms with Gasteiger partial charge in [-0.2, -0.15) is 0 Å². The third-order valence-corrected chi connectivity index (χ3v) is 6.64. The minimum absolute atomic E-state index is 0.782. The fourth-order valence-corrected chi connectivity index (χ4v) is 3.55. The Morgan fingerprint density at radius 1 is 0.923 bits per heavy atom. The van der Waals surface area contributed by atoms with Crippen LogP contribution < -0.4 is 5.46 Å². The molecular weight excluding hydrogens is 427 g/mol. The molecule has 1 aromatic rings. The van der Waals surface area contributed by atoms with E-state index >= 15 is 0 Å². The average Bonchev–Trinajstić information content (AvgIpc) is 2.13. The van der Waals surface area contributed by atoms with Crippen molar-refractivity contribution in [2.75, 3.05) is 0 Å². The summed E-state index contributed by atoms with van der Waals surface area (Å²) in [7, 11) is 5.94. The predicted molar refractivity (Wildman–Crippen MR) is 72.0 cm³/mol. The van der Waals surface area contributed by atoms with Crippen LogP contribution >= 0.6 is 63.7 Å². The molecule has 0 nitrogen and oxygen atoms in total. The molecule has 2 radical (unpaired) electrons. The minimum Gasteiger partial charge on any atom is -0.0773 e. The Kier molecular flexibility index (Phi) is 4.55. The first-order valence-electron chi connectivity index (χ1n) is 3.61. The summed E-state index contributed by atoms with van der Waals surface area (Å²) < 4.78 is 3.85. The molecule has 0 saturated carbocycles. The summed E-state index contributed by atoms with van der Waals surface area (Å²) in [6.45, 7) is 2.07. The molecule has 0 N–H and O–H groups in total. The molecule has 0 aliphatic rings. The second-order valence-electron chi connectivity index (χ2n) is 2.50. The Morgan fingerprint density at radius 3 is 1.85 bits per heavy atom. The number of rotatable bonds is 1. The van der Waals surface area contributed by atoms with Gasteiger partial charge < -0.3 is 0 Å². The van der Waals surface area contributed by atoms with Crippen molar-refractivity contribution in [2.45, 2.75) is 13.3 Å². The van der Waals surface area contributed by atoms with Crippen LogP contribution in [-0.2, 0) is 6.42 Å². The molecule has 0 amide bonds. The fourth-order valence-electron chi connectivity index (χ4n) is 1.04. The quantitative estimate of drug-likeness (QED) is 0.357. The minimum atomic E-state index is 0.782. The fraction of sp³-hybridized carbons (Fsp3) is 0.250. The molecule has 1 rings (SSSR count). The van der Waals surface area contributed by atoms with E-state index in [0.717, 1.165) is 35.3 Å². The van der Waals surface area contributed by atoms with E-state index in [4.69, 9.17) is 7.85 Å². The van der Waals surface area contributed by atoms with E-state index in [1.807, 2.05) is 0 Å². The molecule has 0 bridgehead atoms. The van der Waals surface area contributed by atoms with Crippen LogP contribution in [0.2, 0.25) is 0 Å². The maximum absolute atomic E-state index is 5.94. The molecule has 68 valence electrons. The van der Waals surface area contributed by atoms with Gasteiger partial charge in [-0.15, -0.1) is 0 Å². The van der Waals surface area contributed by atoms with Crippen LogP contribution in [0, 0.1) is 0 Å². The van der Waals surface area contributed by atoms with E-state index in [9.17, 15) is 0 Å². The van der Waals surface area contributed by atoms with Crippen LogP contribution in [0.25, 0.3) is 0 Å². The van der Waals surface area contributed by atoms with Crippen molar-refractivity contribution in [3.05, 3.63) is 23.5 Å². The highest BCUT2D eigenvalue weighted by Crippen LogP contribution is 2.37. The van der Waals surface area contributed by atoms with Gasteiger partial charge in [0.2, 0.25) is 0 Å². The standard InChI is InChI=1S/C8H5BBr4/c1-2-3-4(9)6(11)8(13)7(12)5(3)10/h2H2,1H3. The van der Waals surface area contributed by atoms with Gasteiger partial charge in [0.25, 0.3) is 0 Å². The van der Waals surface area contributed by atoms with Crippen molar-refractivity contribution in [1.82, 2.24) is 0 Å². The molecule has 5 heteroatoms. The van der Waals surface area contributed by atoms with Gasteiger partial charge in [0.05, 0.1) is 0 Å². The Bertz CT molecular complexity index is 319. The molecule has 0 aromatic heterocycles. The van der Waals surface area contributed by atoms with Gasteiger partial charge in [-0.3, -0.25) is 0 Å². The lowest BCUT2D eigenvalue weighted by Gasteiger charge is -2.13. The molecule has 0 atom stereocenters. The monoisotopic (exact) mass is 428 g/mol. The topological polar surface area (TPSA) is 0 Å². The second-order valence-corrected chi connectivity index (χ2v) is 5.67. The van der Waals surface area contributed by atoms with Crippen molar-refractivity contribution in [3.63, 3.8) is 0 Å². The molecule has 1 aromatic carbocycles. The predicted octanol–water partition coefficient (Wildman–Crippen LogP) is 4.09. The summed E-state index contributed by atoms with van der Waals surface area (Å²) in [6, 6.07) is 0. The van der Waals surface area contributed by atoms with E-state index in [-0.39, 0.29) is 0 Å². The summed E-state index contributed by atoms with van der Waals surface area (Å²) in [6.07, 6.45) is 0.900. The maximum atomic E-state index is 5.94. The van der Waals surface area contributed by atoms with Crippen molar-refractivity contribution in [3.8, 4) is 0 Å². The first kappa shape index (κ1) is 12.3. The van der Waals surface area contributed by atoms with Gasteiger partial charge >= 0.3 is 0 Å². The highest BCUT2D eigenvalue weighted by Gasteiger charge is 2.14. The van der Waals surface area contributed by atoms with Gasteiger partial charge in [0, 0.05) is 17.9 Å². The third kappa shape index (κ3) is 2.24. The molecule has 0 fully saturated rings. The molecule has 0 aliphatic heterocycles. The van der Waals surface area contributed by atoms with Crippen LogP contribution in [0.15, 0.2) is 17.9 Å². The zero-order valence-electron chi connectivity index (χ0n) is 6.80. The lowest BCUT2D eigenvalue weighted by Crippen LogP contribution is -2.13. The van der Waals surface area contributed by atoms with E-state index in [1.165, 1.54) is 0 Å². The van der Waals surface area contributed by atoms with Crippen molar-refractivity contribution in [2.24, 2.45) is 0 Å². The average molecular weight is 432 g/mol. The van der Waals surface area contributed by atoms with Gasteiger partial charge in [0.15, 0.2) is 0 Å². The van der Waals surface area contributed by atoms with Crippen LogP contribution in [0.5, 0.6) is 0 Å². The zero-order valence-corrected chi connectivity index (χ0v) is 13.1. The van der Waals surface area contributed by atoms with Gasteiger partial charge in [-0.1, -0.05) is 28.3 Å². The van der Waals surface area contributed by atoms with E-state index < -0.39 is 0 Å². The molecule has 13 heavy (non-hydrogen) atoms. The Balaban J connectivity index is 3.56. The van der Waals surface area contributed by atoms with Crippen LogP contribution in [0.3, 0.4) is 0 Å². The summed E-state index contributed by atoms with van der Waals surface area (Å²) in [5.74, 6) is 0. The highest BCUT2D eigenvalue weighted by atomic mass is 79.9. The van der Waals surface area contributed by atoms with Gasteiger partial charge in [0.1, 0.15) is 7.85 Å². The van der Waals surface area contributed by atoms with E-state index in [2.05, 4.69) is 70.6 Å². The lowest BCUT2D eigenvalue weighted by molar-refractivity contribution is 1.13. The van der Waals surface area contributed by atoms with Crippen LogP contribution in [0.4, 0.5) is 0 Å². The molecule has 0 unspecified atom stereocenters. The molecule has 0 saturated heterocycles. The van der Waals surface area contributed by atoms with E-state index in [0.29, 0.717) is 0 Å². The van der Waals surface area contributed by atoms with Crippen molar-refractivity contribution >= 4 is 77.0 Å². The second kappa shape index (κ2) is 4.82. The first-order valence-corrected chi connectivity index (χ1v) is 6.78. The molecule has 0 heterocycles. The van der Waals surface area contributed by atoms with Gasteiger partial charge in [-0.05, 0) is 59.8 Å². The van der Waals surface area contributed by atoms with E-state index in [1.54, 1.807) is 0 Å². The Labute approximate surface area is 113 Å². The van der Waals surface area contributed by atoms with Crippen LogP contribution in [0.1, 0.15) is 12.5 Å². The van der Waals surface area contributed by atoms with Crippen LogP contribution in [-0.4, -0.2) is 7.85 Å². The normalized spacial score (nSPS) is 10.5. The van der Waals surface area contributed by atoms with Crippen molar-refractivity contribution in [1.29, 1.82) is 0 Å². The summed E-state index contributed by atoms with van der Waals surface area (Å²) in [5, 5.41) is 0. The third-order valence-electron chi connectivity index (χ3n) is 1.76. The largest absolute Gasteiger partial charge is 0.115 e. The number of hydrogen-bond donors (Lipinski definition) is 0. The Morgan fingerprint density at radius 2 is 1.38 bits per heavy atom. The zero-order chi connectivity index (χ0) is 10.2. The molecule has 0 aliphatic carbocycles. The van der Waals surface area contributed by atoms with Gasteiger partial charge in [-0.25, -0.2) is 0 Å². The first-order chi connectivity index (χ1) is 6.00. The smallest absolute Gasteiger partial charge is 0.0773 e. The SMILES string of the molecule is [B]c1c(Br)c(Br)c(Br)c(Br)c1CC. The number of halogens is 4. The number of benzene rings is 1. The maximum Gasteiger partial charge on any atom is 0.115 e. The summed E-state index contributed by atoms with van der Waals surface area (Å²) in [5.41, 5.74) is 1.89. The summed E-state index contributed by atoms with van der Waals surface area (Å²) >= 11 is 13.8. The molecule has 0 spiro atoms. The number of hydrogen-bond acceptors (Lipinski definition) is 0. The Hall–Kier alpha value is 1.20.